The second kappa shape index (κ2) is 11.6. The fourth-order valence-corrected chi connectivity index (χ4v) is 2.69. The first kappa shape index (κ1) is 20.2. The van der Waals surface area contributed by atoms with Gasteiger partial charge >= 0.3 is 0 Å². The fraction of sp³-hybridized carbons (Fsp3) is 0.933. The molecule has 1 saturated heterocycles. The zero-order valence-corrected chi connectivity index (χ0v) is 15.2. The SMILES string of the molecule is CCNC(=NCCCOCC1CCOCC1)NCCS(C)(=O)=O. The van der Waals surface area contributed by atoms with Crippen LogP contribution in [0.2, 0.25) is 0 Å². The molecular formula is C15H31N3O4S. The van der Waals surface area contributed by atoms with Crippen LogP contribution in [0.4, 0.5) is 0 Å². The molecule has 1 aliphatic heterocycles. The van der Waals surface area contributed by atoms with E-state index in [9.17, 15) is 8.42 Å². The van der Waals surface area contributed by atoms with Crippen LogP contribution in [0.1, 0.15) is 26.2 Å². The molecule has 136 valence electrons. The molecule has 0 aromatic rings. The summed E-state index contributed by atoms with van der Waals surface area (Å²) in [6.45, 7) is 6.94. The van der Waals surface area contributed by atoms with E-state index in [0.29, 0.717) is 31.6 Å². The van der Waals surface area contributed by atoms with E-state index in [4.69, 9.17) is 9.47 Å². The van der Waals surface area contributed by atoms with Crippen molar-refractivity contribution in [2.75, 3.05) is 58.1 Å². The van der Waals surface area contributed by atoms with Gasteiger partial charge in [-0.25, -0.2) is 8.42 Å². The standard InChI is InChI=1S/C15H31N3O4S/c1-3-16-15(18-8-12-23(2,19)20)17-7-4-9-22-13-14-5-10-21-11-6-14/h14H,3-13H2,1-2H3,(H2,16,17,18). The molecular weight excluding hydrogens is 318 g/mol. The van der Waals surface area contributed by atoms with Crippen molar-refractivity contribution >= 4 is 15.8 Å². The molecule has 0 aromatic carbocycles. The topological polar surface area (TPSA) is 89.0 Å². The number of nitrogens with one attached hydrogen (secondary N) is 2. The van der Waals surface area contributed by atoms with Crippen LogP contribution in [0.25, 0.3) is 0 Å². The normalized spacial score (nSPS) is 17.2. The number of guanidine groups is 1. The largest absolute Gasteiger partial charge is 0.381 e. The number of rotatable bonds is 10. The summed E-state index contributed by atoms with van der Waals surface area (Å²) in [7, 11) is -2.95. The lowest BCUT2D eigenvalue weighted by Crippen LogP contribution is -2.39. The van der Waals surface area contributed by atoms with Gasteiger partial charge in [0.2, 0.25) is 0 Å². The van der Waals surface area contributed by atoms with Gasteiger partial charge in [-0.05, 0) is 32.1 Å². The highest BCUT2D eigenvalue weighted by Crippen LogP contribution is 2.14. The third kappa shape index (κ3) is 11.3. The van der Waals surface area contributed by atoms with Gasteiger partial charge in [-0.15, -0.1) is 0 Å². The molecule has 0 spiro atoms. The average Bonchev–Trinajstić information content (AvgIpc) is 2.50. The van der Waals surface area contributed by atoms with Gasteiger partial charge in [0.15, 0.2) is 5.96 Å². The zero-order valence-electron chi connectivity index (χ0n) is 14.3. The lowest BCUT2D eigenvalue weighted by atomic mass is 10.0. The van der Waals surface area contributed by atoms with E-state index in [2.05, 4.69) is 15.6 Å². The molecule has 8 heteroatoms. The lowest BCUT2D eigenvalue weighted by molar-refractivity contribution is 0.0205. The van der Waals surface area contributed by atoms with Crippen LogP contribution in [0.15, 0.2) is 4.99 Å². The predicted molar refractivity (Wildman–Crippen MR) is 92.7 cm³/mol. The molecule has 0 radical (unpaired) electrons. The van der Waals surface area contributed by atoms with Crippen molar-refractivity contribution in [2.45, 2.75) is 26.2 Å². The van der Waals surface area contributed by atoms with E-state index < -0.39 is 9.84 Å². The maximum absolute atomic E-state index is 11.1. The zero-order chi connectivity index (χ0) is 17.0. The Kier molecular flexibility index (Phi) is 10.2. The molecule has 1 heterocycles. The summed E-state index contributed by atoms with van der Waals surface area (Å²) in [5.74, 6) is 1.38. The summed E-state index contributed by atoms with van der Waals surface area (Å²) in [4.78, 5) is 4.42. The Morgan fingerprint density at radius 1 is 1.30 bits per heavy atom. The molecule has 0 unspecified atom stereocenters. The molecule has 2 N–H and O–H groups in total. The highest BCUT2D eigenvalue weighted by Gasteiger charge is 2.13. The van der Waals surface area contributed by atoms with Crippen molar-refractivity contribution in [3.05, 3.63) is 0 Å². The Morgan fingerprint density at radius 3 is 2.70 bits per heavy atom. The third-order valence-electron chi connectivity index (χ3n) is 3.52. The van der Waals surface area contributed by atoms with Gasteiger partial charge in [-0.2, -0.15) is 0 Å². The van der Waals surface area contributed by atoms with Gasteiger partial charge < -0.3 is 20.1 Å². The van der Waals surface area contributed by atoms with Gasteiger partial charge in [-0.3, -0.25) is 4.99 Å². The second-order valence-electron chi connectivity index (χ2n) is 5.80. The van der Waals surface area contributed by atoms with E-state index >= 15 is 0 Å². The maximum atomic E-state index is 11.1. The molecule has 23 heavy (non-hydrogen) atoms. The number of nitrogens with zero attached hydrogens (tertiary/aromatic N) is 1. The van der Waals surface area contributed by atoms with Crippen molar-refractivity contribution in [1.29, 1.82) is 0 Å². The van der Waals surface area contributed by atoms with Crippen LogP contribution in [0.5, 0.6) is 0 Å². The number of hydrogen-bond acceptors (Lipinski definition) is 5. The molecule has 0 bridgehead atoms. The average molecular weight is 349 g/mol. The molecule has 1 aliphatic rings. The Labute approximate surface area is 140 Å². The minimum absolute atomic E-state index is 0.103. The first-order chi connectivity index (χ1) is 11.0. The van der Waals surface area contributed by atoms with Crippen molar-refractivity contribution in [3.8, 4) is 0 Å². The maximum Gasteiger partial charge on any atom is 0.191 e. The summed E-state index contributed by atoms with van der Waals surface area (Å²) >= 11 is 0. The van der Waals surface area contributed by atoms with E-state index in [1.165, 1.54) is 6.26 Å². The van der Waals surface area contributed by atoms with Crippen LogP contribution in [0.3, 0.4) is 0 Å². The molecule has 0 aromatic heterocycles. The van der Waals surface area contributed by atoms with Crippen LogP contribution in [-0.2, 0) is 19.3 Å². The Balaban J connectivity index is 2.12. The highest BCUT2D eigenvalue weighted by molar-refractivity contribution is 7.90. The Hall–Kier alpha value is -0.860. The molecule has 0 atom stereocenters. The first-order valence-corrected chi connectivity index (χ1v) is 10.4. The molecule has 7 nitrogen and oxygen atoms in total. The van der Waals surface area contributed by atoms with Crippen LogP contribution >= 0.6 is 0 Å². The van der Waals surface area contributed by atoms with E-state index in [1.807, 2.05) is 6.92 Å². The summed E-state index contributed by atoms with van der Waals surface area (Å²) in [6, 6.07) is 0. The summed E-state index contributed by atoms with van der Waals surface area (Å²) in [6.07, 6.45) is 4.26. The number of aliphatic imine (C=N–C) groups is 1. The van der Waals surface area contributed by atoms with Crippen LogP contribution in [-0.4, -0.2) is 72.4 Å². The van der Waals surface area contributed by atoms with E-state index in [1.54, 1.807) is 0 Å². The summed E-state index contributed by atoms with van der Waals surface area (Å²) < 4.78 is 33.2. The molecule has 1 fully saturated rings. The van der Waals surface area contributed by atoms with Gasteiger partial charge in [0.05, 0.1) is 5.75 Å². The van der Waals surface area contributed by atoms with E-state index in [-0.39, 0.29) is 5.75 Å². The van der Waals surface area contributed by atoms with Gasteiger partial charge in [-0.1, -0.05) is 0 Å². The minimum atomic E-state index is -2.95. The Morgan fingerprint density at radius 2 is 2.04 bits per heavy atom. The van der Waals surface area contributed by atoms with Crippen molar-refractivity contribution in [1.82, 2.24) is 10.6 Å². The molecule has 0 saturated carbocycles. The predicted octanol–water partition coefficient (Wildman–Crippen LogP) is 0.419. The van der Waals surface area contributed by atoms with Gasteiger partial charge in [0.25, 0.3) is 0 Å². The first-order valence-electron chi connectivity index (χ1n) is 8.36. The molecule has 0 amide bonds. The highest BCUT2D eigenvalue weighted by atomic mass is 32.2. The van der Waals surface area contributed by atoms with Crippen LogP contribution < -0.4 is 10.6 Å². The molecule has 1 rings (SSSR count). The summed E-state index contributed by atoms with van der Waals surface area (Å²) in [5, 5.41) is 6.13. The van der Waals surface area contributed by atoms with E-state index in [0.717, 1.165) is 45.6 Å². The fourth-order valence-electron chi connectivity index (χ4n) is 2.22. The quantitative estimate of drug-likeness (QED) is 0.338. The minimum Gasteiger partial charge on any atom is -0.381 e. The van der Waals surface area contributed by atoms with Crippen molar-refractivity contribution < 1.29 is 17.9 Å². The van der Waals surface area contributed by atoms with Crippen molar-refractivity contribution in [2.24, 2.45) is 10.9 Å². The van der Waals surface area contributed by atoms with Crippen molar-refractivity contribution in [3.63, 3.8) is 0 Å². The smallest absolute Gasteiger partial charge is 0.191 e. The van der Waals surface area contributed by atoms with Gasteiger partial charge in [0, 0.05) is 52.3 Å². The van der Waals surface area contributed by atoms with Gasteiger partial charge in [0.1, 0.15) is 9.84 Å². The number of hydrogen-bond donors (Lipinski definition) is 2. The lowest BCUT2D eigenvalue weighted by Gasteiger charge is -2.21. The Bertz CT molecular complexity index is 434. The number of ether oxygens (including phenoxy) is 2. The third-order valence-corrected chi connectivity index (χ3v) is 4.47. The monoisotopic (exact) mass is 349 g/mol. The summed E-state index contributed by atoms with van der Waals surface area (Å²) in [5.41, 5.74) is 0. The van der Waals surface area contributed by atoms with Crippen LogP contribution in [0, 0.1) is 5.92 Å². The second-order valence-corrected chi connectivity index (χ2v) is 8.06. The number of sulfone groups is 1. The molecule has 0 aliphatic carbocycles.